The van der Waals surface area contributed by atoms with Crippen LogP contribution >= 0.6 is 0 Å². The Hall–Kier alpha value is -6.01. The summed E-state index contributed by atoms with van der Waals surface area (Å²) in [5.41, 5.74) is 3.54. The number of unbranched alkanes of at least 4 members (excludes halogenated alkanes) is 4. The van der Waals surface area contributed by atoms with Gasteiger partial charge in [-0.05, 0) is 106 Å². The number of hydrogen-bond donors (Lipinski definition) is 0. The third-order valence-electron chi connectivity index (χ3n) is 13.7. The number of nitrogens with zero attached hydrogens (tertiary/aromatic N) is 4. The predicted octanol–water partition coefficient (Wildman–Crippen LogP) is 4.85. The Labute approximate surface area is 483 Å². The smallest absolute Gasteiger partial charge is 0.744 e. The van der Waals surface area contributed by atoms with Gasteiger partial charge in [0.15, 0.2) is 5.71 Å². The van der Waals surface area contributed by atoms with Crippen molar-refractivity contribution in [2.24, 2.45) is 0 Å². The second-order valence-corrected chi connectivity index (χ2v) is 22.1. The first-order chi connectivity index (χ1) is 35.5. The molecule has 0 spiro atoms. The summed E-state index contributed by atoms with van der Waals surface area (Å²) < 4.78 is 74.5. The van der Waals surface area contributed by atoms with E-state index >= 15 is 0 Å². The second kappa shape index (κ2) is 23.3. The number of carbonyl (C=O) groups excluding carboxylic acids is 6. The van der Waals surface area contributed by atoms with Crippen LogP contribution in [0.2, 0.25) is 0 Å². The van der Waals surface area contributed by atoms with E-state index < -0.39 is 66.6 Å². The Morgan fingerprint density at radius 1 is 0.579 bits per heavy atom. The van der Waals surface area contributed by atoms with Crippen LogP contribution in [0.4, 0.5) is 11.4 Å². The first-order valence-electron chi connectivity index (χ1n) is 24.2. The fourth-order valence-corrected chi connectivity index (χ4v) is 10.8. The van der Waals surface area contributed by atoms with E-state index in [-0.39, 0.29) is 96.3 Å². The Bertz CT molecular complexity index is 3380. The van der Waals surface area contributed by atoms with Crippen molar-refractivity contribution in [2.45, 2.75) is 99.7 Å². The molecular formula is C55H53KN4O14S2. The van der Waals surface area contributed by atoms with Gasteiger partial charge in [0, 0.05) is 60.3 Å². The summed E-state index contributed by atoms with van der Waals surface area (Å²) in [5, 5.41) is 0.972. The van der Waals surface area contributed by atoms with Gasteiger partial charge >= 0.3 is 63.3 Å². The molecule has 0 saturated heterocycles. The molecule has 21 heteroatoms. The SMILES string of the molecule is CC1(C)C(/C=C/C=C/C=C/C=C2/N(CCCCCC(=O)ON3C(=O)c4ccccc4C3=O)c3ccc(S(=O)(=O)[O-])cc3C2(C)C)=[N+](CCCCCC(=O)ON2C(=O)c3ccccc3C2=O)c2ccc(S(=O)(=O)[O-])cc21.[K+]. The van der Waals surface area contributed by atoms with Gasteiger partial charge in [0.25, 0.3) is 23.6 Å². The molecule has 4 aromatic carbocycles. The zero-order chi connectivity index (χ0) is 54.0. The monoisotopic (exact) mass is 1100 g/mol. The molecule has 4 amide bonds. The normalized spacial score (nSPS) is 17.1. The molecule has 0 saturated carbocycles. The largest absolute Gasteiger partial charge is 1.00 e. The summed E-state index contributed by atoms with van der Waals surface area (Å²) in [7, 11) is -9.50. The van der Waals surface area contributed by atoms with Gasteiger partial charge in [-0.2, -0.15) is 4.58 Å². The van der Waals surface area contributed by atoms with Crippen molar-refractivity contribution in [3.8, 4) is 0 Å². The van der Waals surface area contributed by atoms with Gasteiger partial charge in [-0.25, -0.2) is 26.4 Å². The van der Waals surface area contributed by atoms with Gasteiger partial charge in [-0.15, -0.1) is 0 Å². The van der Waals surface area contributed by atoms with Crippen LogP contribution < -0.4 is 56.3 Å². The average Bonchev–Trinajstić information content (AvgIpc) is 3.92. The molecule has 76 heavy (non-hydrogen) atoms. The van der Waals surface area contributed by atoms with E-state index in [0.29, 0.717) is 72.9 Å². The minimum absolute atomic E-state index is 0. The van der Waals surface area contributed by atoms with Gasteiger partial charge < -0.3 is 23.7 Å². The fraction of sp³-hybridized carbons (Fsp3) is 0.291. The molecule has 0 aromatic heterocycles. The average molecular weight is 1100 g/mol. The van der Waals surface area contributed by atoms with Gasteiger partial charge in [-0.1, -0.05) is 85.0 Å². The third-order valence-corrected chi connectivity index (χ3v) is 15.3. The molecule has 0 aliphatic carbocycles. The Kier molecular flexibility index (Phi) is 17.7. The fourth-order valence-electron chi connectivity index (χ4n) is 9.81. The number of anilines is 1. The molecule has 4 aliphatic rings. The molecule has 390 valence electrons. The summed E-state index contributed by atoms with van der Waals surface area (Å²) in [5.74, 6) is -4.27. The molecule has 0 radical (unpaired) electrons. The van der Waals surface area contributed by atoms with Crippen molar-refractivity contribution in [2.75, 3.05) is 18.0 Å². The Morgan fingerprint density at radius 2 is 1.04 bits per heavy atom. The van der Waals surface area contributed by atoms with Crippen molar-refractivity contribution in [1.82, 2.24) is 10.1 Å². The molecule has 4 aromatic rings. The summed E-state index contributed by atoms with van der Waals surface area (Å²) in [6.07, 6.45) is 15.9. The van der Waals surface area contributed by atoms with Gasteiger partial charge in [0.1, 0.15) is 26.8 Å². The first-order valence-corrected chi connectivity index (χ1v) is 27.1. The van der Waals surface area contributed by atoms with Crippen LogP contribution in [0.15, 0.2) is 143 Å². The zero-order valence-corrected chi connectivity index (χ0v) is 47.3. The van der Waals surface area contributed by atoms with Crippen molar-refractivity contribution in [3.63, 3.8) is 0 Å². The van der Waals surface area contributed by atoms with Gasteiger partial charge in [0.05, 0.1) is 37.5 Å². The maximum atomic E-state index is 12.7. The van der Waals surface area contributed by atoms with Crippen LogP contribution in [0.25, 0.3) is 0 Å². The quantitative estimate of drug-likeness (QED) is 0.0287. The minimum atomic E-state index is -4.75. The van der Waals surface area contributed by atoms with Crippen LogP contribution in [0.1, 0.15) is 132 Å². The van der Waals surface area contributed by atoms with Crippen LogP contribution in [-0.2, 0) is 50.3 Å². The van der Waals surface area contributed by atoms with Crippen molar-refractivity contribution in [3.05, 3.63) is 167 Å². The number of fused-ring (bicyclic) bond motifs is 4. The maximum Gasteiger partial charge on any atom is 1.00 e. The molecule has 0 atom stereocenters. The van der Waals surface area contributed by atoms with Gasteiger partial charge in [0.2, 0.25) is 5.69 Å². The molecule has 0 bridgehead atoms. The minimum Gasteiger partial charge on any atom is -0.744 e. The molecule has 0 unspecified atom stereocenters. The molecular weight excluding hydrogens is 1040 g/mol. The van der Waals surface area contributed by atoms with E-state index in [4.69, 9.17) is 9.68 Å². The topological polar surface area (TPSA) is 248 Å². The van der Waals surface area contributed by atoms with E-state index in [1.165, 1.54) is 48.5 Å². The third kappa shape index (κ3) is 11.9. The molecule has 4 aliphatic heterocycles. The number of benzene rings is 4. The second-order valence-electron chi connectivity index (χ2n) is 19.3. The van der Waals surface area contributed by atoms with Crippen molar-refractivity contribution >= 4 is 72.9 Å². The van der Waals surface area contributed by atoms with E-state index in [9.17, 15) is 54.7 Å². The number of allylic oxidation sites excluding steroid dienone is 8. The summed E-state index contributed by atoms with van der Waals surface area (Å²) in [6.45, 7) is 8.63. The van der Waals surface area contributed by atoms with E-state index in [0.717, 1.165) is 22.8 Å². The number of imide groups is 2. The van der Waals surface area contributed by atoms with Gasteiger partial charge in [-0.3, -0.25) is 19.2 Å². The Balaban J connectivity index is 0.00000840. The number of hydroxylamine groups is 4. The summed E-state index contributed by atoms with van der Waals surface area (Å²) in [6, 6.07) is 21.0. The summed E-state index contributed by atoms with van der Waals surface area (Å²) >= 11 is 0. The van der Waals surface area contributed by atoms with Crippen LogP contribution in [0, 0.1) is 0 Å². The molecule has 18 nitrogen and oxygen atoms in total. The summed E-state index contributed by atoms with van der Waals surface area (Å²) in [4.78, 5) is 87.6. The zero-order valence-electron chi connectivity index (χ0n) is 42.5. The number of carbonyl (C=O) groups is 6. The number of hydrogen-bond acceptors (Lipinski definition) is 15. The van der Waals surface area contributed by atoms with Crippen molar-refractivity contribution < 1.29 is 120 Å². The molecule has 0 fully saturated rings. The van der Waals surface area contributed by atoms with E-state index in [1.807, 2.05) is 73.6 Å². The van der Waals surface area contributed by atoms with E-state index in [2.05, 4.69) is 0 Å². The molecule has 4 heterocycles. The Morgan fingerprint density at radius 3 is 1.55 bits per heavy atom. The van der Waals surface area contributed by atoms with Crippen LogP contribution in [0.3, 0.4) is 0 Å². The maximum absolute atomic E-state index is 12.7. The molecule has 8 rings (SSSR count). The number of amides is 4. The van der Waals surface area contributed by atoms with Crippen LogP contribution in [-0.4, -0.2) is 95.0 Å². The van der Waals surface area contributed by atoms with E-state index in [1.54, 1.807) is 42.5 Å². The molecule has 0 N–H and O–H groups in total. The van der Waals surface area contributed by atoms with Crippen LogP contribution in [0.5, 0.6) is 0 Å². The standard InChI is InChI=1S/C55H54N4O14S2.K/c1-54(2)42-34-36(74(66,67)68)28-30-44(42)56(32-18-8-12-26-48(60)72-58-50(62)38-20-14-15-21-39(38)51(58)63)46(54)24-10-6-5-7-11-25-47-55(3,4)43-35-37(75(69,70)71)29-31-45(43)57(47)33-19-9-13-27-49(61)73-59-52(64)40-22-16-17-23-41(40)53(59)65;/h5-7,10-11,14-17,20-25,28-31,34-35H,8-9,12-13,18-19,26-27,32-33H2,1-4H3,(H-,66,67,68,69,70,71);/q;+1/p-1. The van der Waals surface area contributed by atoms with Crippen molar-refractivity contribution in [1.29, 1.82) is 0 Å². The first kappa shape index (κ1) is 57.7. The number of rotatable bonds is 20. The predicted molar refractivity (Wildman–Crippen MR) is 271 cm³/mol.